The van der Waals surface area contributed by atoms with Crippen molar-refractivity contribution in [3.05, 3.63) is 30.1 Å². The third-order valence-electron chi connectivity index (χ3n) is 3.59. The van der Waals surface area contributed by atoms with Crippen molar-refractivity contribution in [2.45, 2.75) is 10.9 Å². The second kappa shape index (κ2) is 6.81. The van der Waals surface area contributed by atoms with Gasteiger partial charge in [-0.1, -0.05) is 6.07 Å². The Morgan fingerprint density at radius 3 is 2.57 bits per heavy atom. The lowest BCUT2D eigenvalue weighted by molar-refractivity contribution is 0.185. The van der Waals surface area contributed by atoms with E-state index >= 15 is 0 Å². The van der Waals surface area contributed by atoms with Crippen molar-refractivity contribution in [2.75, 3.05) is 33.1 Å². The lowest BCUT2D eigenvalue weighted by atomic mass is 10.1. The van der Waals surface area contributed by atoms with Crippen molar-refractivity contribution in [1.29, 1.82) is 0 Å². The van der Waals surface area contributed by atoms with Gasteiger partial charge in [-0.05, 0) is 18.2 Å². The molecule has 1 aliphatic heterocycles. The Hall–Kier alpha value is -1.07. The summed E-state index contributed by atoms with van der Waals surface area (Å²) < 4.78 is 70.4. The van der Waals surface area contributed by atoms with Crippen LogP contribution in [0.25, 0.3) is 0 Å². The molecular formula is C13H19FN2O5S2. The van der Waals surface area contributed by atoms with Crippen LogP contribution in [-0.2, 0) is 24.8 Å². The number of nitrogens with one attached hydrogen (secondary N) is 1. The number of benzene rings is 1. The van der Waals surface area contributed by atoms with Crippen LogP contribution in [0, 0.1) is 11.7 Å². The highest BCUT2D eigenvalue weighted by molar-refractivity contribution is 7.89. The van der Waals surface area contributed by atoms with E-state index < -0.39 is 37.8 Å². The molecule has 23 heavy (non-hydrogen) atoms. The Labute approximate surface area is 135 Å². The lowest BCUT2D eigenvalue weighted by Gasteiger charge is -2.21. The van der Waals surface area contributed by atoms with E-state index in [0.29, 0.717) is 0 Å². The molecule has 1 heterocycles. The van der Waals surface area contributed by atoms with Crippen LogP contribution in [0.4, 0.5) is 4.39 Å². The molecular weight excluding hydrogens is 347 g/mol. The van der Waals surface area contributed by atoms with Crippen molar-refractivity contribution in [1.82, 2.24) is 9.03 Å². The maximum Gasteiger partial charge on any atom is 0.241 e. The van der Waals surface area contributed by atoms with Crippen LogP contribution in [0.1, 0.15) is 0 Å². The second-order valence-electron chi connectivity index (χ2n) is 5.54. The second-order valence-corrected chi connectivity index (χ2v) is 9.49. The molecule has 1 aromatic rings. The van der Waals surface area contributed by atoms with Gasteiger partial charge >= 0.3 is 0 Å². The van der Waals surface area contributed by atoms with Crippen LogP contribution in [0.2, 0.25) is 0 Å². The highest BCUT2D eigenvalue weighted by atomic mass is 32.2. The van der Waals surface area contributed by atoms with E-state index in [-0.39, 0.29) is 23.9 Å². The zero-order valence-electron chi connectivity index (χ0n) is 12.8. The molecule has 1 saturated heterocycles. The van der Waals surface area contributed by atoms with E-state index in [1.165, 1.54) is 26.2 Å². The SMILES string of the molecule is CN(C)S(=O)(=O)C[C@@H]1COC[C@H]1NS(=O)(=O)c1cccc(F)c1. The topological polar surface area (TPSA) is 92.8 Å². The molecule has 0 aromatic heterocycles. The van der Waals surface area contributed by atoms with Gasteiger partial charge in [0.15, 0.2) is 0 Å². The smallest absolute Gasteiger partial charge is 0.241 e. The molecule has 2 atom stereocenters. The fraction of sp³-hybridized carbons (Fsp3) is 0.538. The van der Waals surface area contributed by atoms with Crippen molar-refractivity contribution < 1.29 is 26.0 Å². The van der Waals surface area contributed by atoms with E-state index in [2.05, 4.69) is 4.72 Å². The Morgan fingerprint density at radius 1 is 1.26 bits per heavy atom. The maximum atomic E-state index is 13.2. The molecule has 1 N–H and O–H groups in total. The minimum Gasteiger partial charge on any atom is -0.379 e. The number of nitrogens with zero attached hydrogens (tertiary/aromatic N) is 1. The molecule has 0 unspecified atom stereocenters. The zero-order chi connectivity index (χ0) is 17.3. The molecule has 10 heteroatoms. The summed E-state index contributed by atoms with van der Waals surface area (Å²) in [5.74, 6) is -1.40. The number of ether oxygens (including phenoxy) is 1. The van der Waals surface area contributed by atoms with Gasteiger partial charge in [0.1, 0.15) is 5.82 Å². The highest BCUT2D eigenvalue weighted by Gasteiger charge is 2.36. The first-order valence-corrected chi connectivity index (χ1v) is 9.97. The molecule has 0 spiro atoms. The quantitative estimate of drug-likeness (QED) is 0.766. The zero-order valence-corrected chi connectivity index (χ0v) is 14.4. The summed E-state index contributed by atoms with van der Waals surface area (Å²) in [6.45, 7) is 0.214. The first kappa shape index (κ1) is 18.3. The minimum atomic E-state index is -3.95. The van der Waals surface area contributed by atoms with E-state index in [1.54, 1.807) is 0 Å². The van der Waals surface area contributed by atoms with Gasteiger partial charge in [0.05, 0.1) is 29.9 Å². The summed E-state index contributed by atoms with van der Waals surface area (Å²) in [5, 5.41) is 0. The van der Waals surface area contributed by atoms with Crippen molar-refractivity contribution in [3.63, 3.8) is 0 Å². The molecule has 2 rings (SSSR count). The predicted octanol–water partition coefficient (Wildman–Crippen LogP) is 0.0104. The van der Waals surface area contributed by atoms with Gasteiger partial charge in [0.25, 0.3) is 0 Å². The standard InChI is InChI=1S/C13H19FN2O5S2/c1-16(2)22(17,18)9-10-7-21-8-13(10)15-23(19,20)12-5-3-4-11(14)6-12/h3-6,10,13,15H,7-9H2,1-2H3/t10-,13+/m0/s1. The lowest BCUT2D eigenvalue weighted by Crippen LogP contribution is -2.43. The molecule has 0 saturated carbocycles. The number of hydrogen-bond acceptors (Lipinski definition) is 5. The summed E-state index contributed by atoms with van der Waals surface area (Å²) in [6, 6.07) is 3.93. The fourth-order valence-corrected chi connectivity index (χ4v) is 4.70. The number of sulfonamides is 2. The normalized spacial score (nSPS) is 22.6. The first-order chi connectivity index (χ1) is 10.6. The summed E-state index contributed by atoms with van der Waals surface area (Å²) in [4.78, 5) is -0.210. The largest absolute Gasteiger partial charge is 0.379 e. The molecule has 0 bridgehead atoms. The molecule has 1 aliphatic rings. The van der Waals surface area contributed by atoms with Crippen LogP contribution < -0.4 is 4.72 Å². The highest BCUT2D eigenvalue weighted by Crippen LogP contribution is 2.20. The fourth-order valence-electron chi connectivity index (χ4n) is 2.21. The summed E-state index contributed by atoms with van der Waals surface area (Å²) >= 11 is 0. The summed E-state index contributed by atoms with van der Waals surface area (Å²) in [7, 11) is -4.61. The first-order valence-electron chi connectivity index (χ1n) is 6.88. The average Bonchev–Trinajstić information content (AvgIpc) is 2.84. The van der Waals surface area contributed by atoms with Gasteiger partial charge in [-0.3, -0.25) is 0 Å². The Morgan fingerprint density at radius 2 is 1.96 bits per heavy atom. The number of hydrogen-bond donors (Lipinski definition) is 1. The number of halogens is 1. The molecule has 7 nitrogen and oxygen atoms in total. The predicted molar refractivity (Wildman–Crippen MR) is 82.3 cm³/mol. The summed E-state index contributed by atoms with van der Waals surface area (Å²) in [6.07, 6.45) is 0. The average molecular weight is 366 g/mol. The third-order valence-corrected chi connectivity index (χ3v) is 7.04. The molecule has 0 amide bonds. The van der Waals surface area contributed by atoms with Gasteiger partial charge in [-0.15, -0.1) is 0 Å². The van der Waals surface area contributed by atoms with Gasteiger partial charge in [0.2, 0.25) is 20.0 Å². The van der Waals surface area contributed by atoms with Gasteiger partial charge < -0.3 is 4.74 Å². The molecule has 0 radical (unpaired) electrons. The monoisotopic (exact) mass is 366 g/mol. The van der Waals surface area contributed by atoms with Gasteiger partial charge in [-0.2, -0.15) is 0 Å². The number of rotatable bonds is 6. The van der Waals surface area contributed by atoms with Gasteiger partial charge in [-0.25, -0.2) is 30.3 Å². The molecule has 1 aromatic carbocycles. The van der Waals surface area contributed by atoms with Crippen LogP contribution >= 0.6 is 0 Å². The molecule has 130 valence electrons. The van der Waals surface area contributed by atoms with E-state index in [0.717, 1.165) is 16.4 Å². The molecule has 1 fully saturated rings. The Bertz CT molecular complexity index is 764. The van der Waals surface area contributed by atoms with Crippen molar-refractivity contribution in [2.24, 2.45) is 5.92 Å². The Balaban J connectivity index is 2.15. The Kier molecular flexibility index (Phi) is 5.41. The van der Waals surface area contributed by atoms with E-state index in [1.807, 2.05) is 0 Å². The third kappa shape index (κ3) is 4.48. The van der Waals surface area contributed by atoms with Crippen molar-refractivity contribution in [3.8, 4) is 0 Å². The molecule has 0 aliphatic carbocycles. The van der Waals surface area contributed by atoms with Crippen LogP contribution in [0.5, 0.6) is 0 Å². The van der Waals surface area contributed by atoms with E-state index in [4.69, 9.17) is 4.74 Å². The van der Waals surface area contributed by atoms with Crippen LogP contribution in [0.15, 0.2) is 29.2 Å². The maximum absolute atomic E-state index is 13.2. The van der Waals surface area contributed by atoms with Crippen molar-refractivity contribution >= 4 is 20.0 Å². The summed E-state index contributed by atoms with van der Waals surface area (Å²) in [5.41, 5.74) is 0. The van der Waals surface area contributed by atoms with Crippen LogP contribution in [0.3, 0.4) is 0 Å². The van der Waals surface area contributed by atoms with Gasteiger partial charge in [0, 0.05) is 20.0 Å². The van der Waals surface area contributed by atoms with Crippen LogP contribution in [-0.4, -0.2) is 60.2 Å². The minimum absolute atomic E-state index is 0.0716. The van der Waals surface area contributed by atoms with E-state index in [9.17, 15) is 21.2 Å².